The Kier molecular flexibility index (Phi) is 6.44. The average Bonchev–Trinajstić information content (AvgIpc) is 3.00. The van der Waals surface area contributed by atoms with Crippen molar-refractivity contribution in [1.82, 2.24) is 9.97 Å². The van der Waals surface area contributed by atoms with E-state index in [1.54, 1.807) is 12.1 Å². The normalized spacial score (nSPS) is 10.8. The minimum absolute atomic E-state index is 0.234. The highest BCUT2D eigenvalue weighted by atomic mass is 19.1. The van der Waals surface area contributed by atoms with Crippen molar-refractivity contribution in [1.29, 1.82) is 0 Å². The van der Waals surface area contributed by atoms with Gasteiger partial charge in [0.1, 0.15) is 5.82 Å². The van der Waals surface area contributed by atoms with Crippen LogP contribution in [0.1, 0.15) is 0 Å². The molecule has 0 radical (unpaired) electrons. The van der Waals surface area contributed by atoms with Gasteiger partial charge in [-0.05, 0) is 106 Å². The van der Waals surface area contributed by atoms with E-state index in [4.69, 9.17) is 0 Å². The van der Waals surface area contributed by atoms with Crippen LogP contribution >= 0.6 is 0 Å². The van der Waals surface area contributed by atoms with Crippen molar-refractivity contribution in [3.05, 3.63) is 152 Å². The first-order chi connectivity index (χ1) is 18.7. The van der Waals surface area contributed by atoms with Gasteiger partial charge in [-0.25, -0.2) is 4.39 Å². The molecule has 0 N–H and O–H groups in total. The third-order valence-corrected chi connectivity index (χ3v) is 6.58. The Balaban J connectivity index is 1.38. The van der Waals surface area contributed by atoms with Crippen molar-refractivity contribution in [2.45, 2.75) is 0 Å². The molecule has 182 valence electrons. The number of nitrogens with zero attached hydrogens (tertiary/aromatic N) is 3. The Hall–Kier alpha value is -5.09. The highest BCUT2D eigenvalue weighted by Gasteiger charge is 2.14. The number of aromatic nitrogens is 2. The van der Waals surface area contributed by atoms with Crippen LogP contribution < -0.4 is 4.90 Å². The van der Waals surface area contributed by atoms with Crippen LogP contribution in [0.15, 0.2) is 146 Å². The summed E-state index contributed by atoms with van der Waals surface area (Å²) < 4.78 is 13.4. The minimum atomic E-state index is -0.234. The Morgan fingerprint density at radius 1 is 0.342 bits per heavy atom. The molecule has 2 heterocycles. The largest absolute Gasteiger partial charge is 0.311 e. The molecule has 0 atom stereocenters. The molecule has 0 saturated heterocycles. The molecule has 0 saturated carbocycles. The van der Waals surface area contributed by atoms with Crippen LogP contribution in [-0.4, -0.2) is 9.97 Å². The first-order valence-corrected chi connectivity index (χ1v) is 12.4. The van der Waals surface area contributed by atoms with Crippen molar-refractivity contribution in [3.8, 4) is 33.4 Å². The van der Waals surface area contributed by atoms with Crippen molar-refractivity contribution in [2.24, 2.45) is 0 Å². The fourth-order valence-electron chi connectivity index (χ4n) is 4.59. The number of benzene rings is 4. The Labute approximate surface area is 221 Å². The van der Waals surface area contributed by atoms with Crippen molar-refractivity contribution >= 4 is 17.1 Å². The average molecular weight is 494 g/mol. The van der Waals surface area contributed by atoms with Crippen LogP contribution in [-0.2, 0) is 0 Å². The zero-order chi connectivity index (χ0) is 25.7. The molecular formula is C34H24FN3. The second-order valence-corrected chi connectivity index (χ2v) is 8.95. The monoisotopic (exact) mass is 493 g/mol. The molecule has 0 aliphatic carbocycles. The summed E-state index contributed by atoms with van der Waals surface area (Å²) in [5.41, 5.74) is 9.67. The quantitative estimate of drug-likeness (QED) is 0.232. The van der Waals surface area contributed by atoms with Crippen molar-refractivity contribution in [3.63, 3.8) is 0 Å². The van der Waals surface area contributed by atoms with Gasteiger partial charge in [0.25, 0.3) is 0 Å². The molecule has 4 aromatic carbocycles. The molecule has 0 fully saturated rings. The van der Waals surface area contributed by atoms with E-state index in [0.717, 1.165) is 50.4 Å². The van der Waals surface area contributed by atoms with Gasteiger partial charge in [-0.15, -0.1) is 0 Å². The second kappa shape index (κ2) is 10.5. The number of hydrogen-bond acceptors (Lipinski definition) is 3. The topological polar surface area (TPSA) is 29.0 Å². The molecule has 38 heavy (non-hydrogen) atoms. The zero-order valence-corrected chi connectivity index (χ0v) is 20.6. The third-order valence-electron chi connectivity index (χ3n) is 6.58. The minimum Gasteiger partial charge on any atom is -0.311 e. The molecule has 4 heteroatoms. The van der Waals surface area contributed by atoms with Gasteiger partial charge >= 0.3 is 0 Å². The van der Waals surface area contributed by atoms with E-state index in [9.17, 15) is 4.39 Å². The lowest BCUT2D eigenvalue weighted by Gasteiger charge is -2.26. The maximum Gasteiger partial charge on any atom is 0.123 e. The van der Waals surface area contributed by atoms with E-state index in [-0.39, 0.29) is 5.82 Å². The number of pyridine rings is 2. The van der Waals surface area contributed by atoms with Gasteiger partial charge in [0.2, 0.25) is 0 Å². The molecule has 0 aliphatic heterocycles. The molecule has 0 spiro atoms. The smallest absolute Gasteiger partial charge is 0.123 e. The molecular weight excluding hydrogens is 469 g/mol. The lowest BCUT2D eigenvalue weighted by molar-refractivity contribution is 0.628. The number of halogens is 1. The molecule has 0 unspecified atom stereocenters. The van der Waals surface area contributed by atoms with Gasteiger partial charge in [0.15, 0.2) is 0 Å². The van der Waals surface area contributed by atoms with Crippen LogP contribution in [0.4, 0.5) is 21.5 Å². The lowest BCUT2D eigenvalue weighted by atomic mass is 10.0. The second-order valence-electron chi connectivity index (χ2n) is 8.95. The summed E-state index contributed by atoms with van der Waals surface area (Å²) in [5, 5.41) is 0. The van der Waals surface area contributed by atoms with Crippen LogP contribution in [0.3, 0.4) is 0 Å². The summed E-state index contributed by atoms with van der Waals surface area (Å²) in [7, 11) is 0. The van der Waals surface area contributed by atoms with E-state index in [1.807, 2.05) is 49.1 Å². The van der Waals surface area contributed by atoms with Gasteiger partial charge in [0, 0.05) is 41.8 Å². The Bertz CT molecular complexity index is 1530. The highest BCUT2D eigenvalue weighted by Crippen LogP contribution is 2.37. The summed E-state index contributed by atoms with van der Waals surface area (Å²) in [6, 6.07) is 40.1. The predicted octanol–water partition coefficient (Wildman–Crippen LogP) is 9.09. The fraction of sp³-hybridized carbons (Fsp3) is 0. The van der Waals surface area contributed by atoms with Crippen LogP contribution in [0, 0.1) is 5.82 Å². The highest BCUT2D eigenvalue weighted by molar-refractivity contribution is 5.81. The van der Waals surface area contributed by atoms with Gasteiger partial charge < -0.3 is 4.90 Å². The first kappa shape index (κ1) is 23.3. The van der Waals surface area contributed by atoms with Crippen molar-refractivity contribution in [2.75, 3.05) is 4.90 Å². The summed E-state index contributed by atoms with van der Waals surface area (Å²) in [5.74, 6) is -0.234. The summed E-state index contributed by atoms with van der Waals surface area (Å²) in [6.45, 7) is 0. The number of anilines is 3. The van der Waals surface area contributed by atoms with Crippen LogP contribution in [0.2, 0.25) is 0 Å². The summed E-state index contributed by atoms with van der Waals surface area (Å²) >= 11 is 0. The standard InChI is InChI=1S/C34H24FN3/c35-31-9-1-25(2-10-31)26-3-11-32(12-4-26)38(33-13-5-27(6-14-33)29-17-21-36-22-18-29)34-15-7-28(8-16-34)30-19-23-37-24-20-30/h1-24H. The van der Waals surface area contributed by atoms with Gasteiger partial charge in [-0.2, -0.15) is 0 Å². The Morgan fingerprint density at radius 3 is 0.921 bits per heavy atom. The molecule has 3 nitrogen and oxygen atoms in total. The predicted molar refractivity (Wildman–Crippen MR) is 153 cm³/mol. The van der Waals surface area contributed by atoms with Gasteiger partial charge in [0.05, 0.1) is 0 Å². The summed E-state index contributed by atoms with van der Waals surface area (Å²) in [6.07, 6.45) is 7.23. The van der Waals surface area contributed by atoms with Gasteiger partial charge in [-0.3, -0.25) is 9.97 Å². The van der Waals surface area contributed by atoms with E-state index in [0.29, 0.717) is 0 Å². The molecule has 2 aromatic heterocycles. The fourth-order valence-corrected chi connectivity index (χ4v) is 4.59. The van der Waals surface area contributed by atoms with Crippen molar-refractivity contribution < 1.29 is 4.39 Å². The summed E-state index contributed by atoms with van der Waals surface area (Å²) in [4.78, 5) is 10.5. The lowest BCUT2D eigenvalue weighted by Crippen LogP contribution is -2.09. The van der Waals surface area contributed by atoms with Gasteiger partial charge in [-0.1, -0.05) is 48.5 Å². The van der Waals surface area contributed by atoms with E-state index >= 15 is 0 Å². The zero-order valence-electron chi connectivity index (χ0n) is 20.6. The maximum atomic E-state index is 13.4. The molecule has 0 amide bonds. The Morgan fingerprint density at radius 2 is 0.605 bits per heavy atom. The first-order valence-electron chi connectivity index (χ1n) is 12.4. The molecule has 6 rings (SSSR count). The van der Waals surface area contributed by atoms with E-state index in [2.05, 4.69) is 87.7 Å². The SMILES string of the molecule is Fc1ccc(-c2ccc(N(c3ccc(-c4ccncc4)cc3)c3ccc(-c4ccncc4)cc3)cc2)cc1. The third kappa shape index (κ3) is 4.93. The molecule has 0 bridgehead atoms. The van der Waals surface area contributed by atoms with E-state index < -0.39 is 0 Å². The molecule has 6 aromatic rings. The van der Waals surface area contributed by atoms with Crippen LogP contribution in [0.25, 0.3) is 33.4 Å². The molecule has 0 aliphatic rings. The van der Waals surface area contributed by atoms with Crippen LogP contribution in [0.5, 0.6) is 0 Å². The maximum absolute atomic E-state index is 13.4. The van der Waals surface area contributed by atoms with E-state index in [1.165, 1.54) is 12.1 Å². The number of rotatable bonds is 6. The number of hydrogen-bond donors (Lipinski definition) is 0.